The number of carbonyl (C=O) groups is 1. The number of nitro groups is 1. The van der Waals surface area contributed by atoms with Crippen LogP contribution in [-0.2, 0) is 14.8 Å². The number of aryl methyl sites for hydroxylation is 1. The molecule has 0 aromatic heterocycles. The topological polar surface area (TPSA) is 107 Å². The summed E-state index contributed by atoms with van der Waals surface area (Å²) >= 11 is 6.09. The van der Waals surface area contributed by atoms with Crippen LogP contribution in [0.2, 0.25) is 5.02 Å². The van der Waals surface area contributed by atoms with Crippen LogP contribution >= 0.6 is 11.6 Å². The van der Waals surface area contributed by atoms with E-state index in [0.29, 0.717) is 5.56 Å². The molecule has 0 saturated heterocycles. The van der Waals surface area contributed by atoms with Crippen LogP contribution in [0.1, 0.15) is 22.8 Å². The van der Waals surface area contributed by atoms with Crippen molar-refractivity contribution in [3.8, 4) is 0 Å². The van der Waals surface area contributed by atoms with E-state index in [9.17, 15) is 23.3 Å². The third-order valence-electron chi connectivity index (χ3n) is 3.83. The molecule has 0 N–H and O–H groups in total. The van der Waals surface area contributed by atoms with E-state index in [1.165, 1.54) is 37.4 Å². The standard InChI is InChI=1S/C17H17ClN2O6S/c1-4-26-17(21)14-8-7-12(9-15(14)18)19(3)27(24,25)16-10-13(20(22)23)6-5-11(16)2/h5-10H,4H2,1-3H3. The molecule has 0 aliphatic heterocycles. The summed E-state index contributed by atoms with van der Waals surface area (Å²) in [7, 11) is -2.79. The first kappa shape index (κ1) is 20.7. The van der Waals surface area contributed by atoms with Crippen LogP contribution in [0.25, 0.3) is 0 Å². The van der Waals surface area contributed by atoms with Gasteiger partial charge in [-0.1, -0.05) is 17.7 Å². The van der Waals surface area contributed by atoms with Gasteiger partial charge in [0.15, 0.2) is 0 Å². The number of benzene rings is 2. The number of anilines is 1. The highest BCUT2D eigenvalue weighted by atomic mass is 35.5. The number of nitrogens with zero attached hydrogens (tertiary/aromatic N) is 2. The predicted molar refractivity (Wildman–Crippen MR) is 101 cm³/mol. The molecule has 10 heteroatoms. The molecule has 8 nitrogen and oxygen atoms in total. The van der Waals surface area contributed by atoms with Gasteiger partial charge in [-0.25, -0.2) is 13.2 Å². The fourth-order valence-corrected chi connectivity index (χ4v) is 4.02. The van der Waals surface area contributed by atoms with Crippen molar-refractivity contribution < 1.29 is 22.9 Å². The fraction of sp³-hybridized carbons (Fsp3) is 0.235. The lowest BCUT2D eigenvalue weighted by molar-refractivity contribution is -0.385. The number of hydrogen-bond acceptors (Lipinski definition) is 6. The zero-order chi connectivity index (χ0) is 20.4. The maximum Gasteiger partial charge on any atom is 0.339 e. The number of rotatable bonds is 6. The van der Waals surface area contributed by atoms with Gasteiger partial charge in [0, 0.05) is 19.2 Å². The number of esters is 1. The first-order valence-electron chi connectivity index (χ1n) is 7.80. The molecule has 0 saturated carbocycles. The fourth-order valence-electron chi connectivity index (χ4n) is 2.34. The number of ether oxygens (including phenoxy) is 1. The van der Waals surface area contributed by atoms with E-state index in [-0.39, 0.29) is 33.5 Å². The van der Waals surface area contributed by atoms with Crippen LogP contribution in [0.5, 0.6) is 0 Å². The van der Waals surface area contributed by atoms with Crippen LogP contribution in [0.3, 0.4) is 0 Å². The molecule has 2 aromatic carbocycles. The summed E-state index contributed by atoms with van der Waals surface area (Å²) < 4.78 is 31.7. The summed E-state index contributed by atoms with van der Waals surface area (Å²) in [4.78, 5) is 21.9. The highest BCUT2D eigenvalue weighted by Gasteiger charge is 2.26. The summed E-state index contributed by atoms with van der Waals surface area (Å²) in [5.74, 6) is -0.617. The van der Waals surface area contributed by atoms with Gasteiger partial charge in [-0.3, -0.25) is 14.4 Å². The average molecular weight is 413 g/mol. The second kappa shape index (κ2) is 7.93. The Balaban J connectivity index is 2.46. The van der Waals surface area contributed by atoms with Crippen molar-refractivity contribution in [2.75, 3.05) is 18.0 Å². The van der Waals surface area contributed by atoms with Gasteiger partial charge < -0.3 is 4.74 Å². The molecule has 0 aliphatic rings. The molecular formula is C17H17ClN2O6S. The predicted octanol–water partition coefficient (Wildman–Crippen LogP) is 3.56. The van der Waals surface area contributed by atoms with Crippen molar-refractivity contribution in [1.29, 1.82) is 0 Å². The highest BCUT2D eigenvalue weighted by molar-refractivity contribution is 7.92. The van der Waals surface area contributed by atoms with E-state index >= 15 is 0 Å². The molecule has 27 heavy (non-hydrogen) atoms. The van der Waals surface area contributed by atoms with Crippen molar-refractivity contribution >= 4 is 39.0 Å². The maximum atomic E-state index is 12.9. The zero-order valence-corrected chi connectivity index (χ0v) is 16.4. The van der Waals surface area contributed by atoms with Gasteiger partial charge in [-0.05, 0) is 37.6 Å². The van der Waals surface area contributed by atoms with E-state index in [2.05, 4.69) is 0 Å². The highest BCUT2D eigenvalue weighted by Crippen LogP contribution is 2.30. The van der Waals surface area contributed by atoms with Gasteiger partial charge >= 0.3 is 5.97 Å². The Morgan fingerprint density at radius 2 is 1.93 bits per heavy atom. The zero-order valence-electron chi connectivity index (χ0n) is 14.8. The minimum atomic E-state index is -4.08. The van der Waals surface area contributed by atoms with Gasteiger partial charge in [0.1, 0.15) is 0 Å². The molecule has 0 aliphatic carbocycles. The summed E-state index contributed by atoms with van der Waals surface area (Å²) in [6, 6.07) is 7.70. The summed E-state index contributed by atoms with van der Waals surface area (Å²) in [5, 5.41) is 11.0. The Bertz CT molecular complexity index is 1010. The molecule has 0 radical (unpaired) electrons. The molecule has 0 unspecified atom stereocenters. The minimum Gasteiger partial charge on any atom is -0.462 e. The lowest BCUT2D eigenvalue weighted by Crippen LogP contribution is -2.27. The lowest BCUT2D eigenvalue weighted by atomic mass is 10.2. The Morgan fingerprint density at radius 1 is 1.26 bits per heavy atom. The first-order valence-corrected chi connectivity index (χ1v) is 9.62. The molecular weight excluding hydrogens is 396 g/mol. The third-order valence-corrected chi connectivity index (χ3v) is 6.07. The summed E-state index contributed by atoms with van der Waals surface area (Å²) in [5.41, 5.74) is 0.337. The molecule has 2 rings (SSSR count). The van der Waals surface area contributed by atoms with Crippen molar-refractivity contribution in [2.24, 2.45) is 0 Å². The van der Waals surface area contributed by atoms with Gasteiger partial charge in [0.05, 0.1) is 32.7 Å². The van der Waals surface area contributed by atoms with Crippen LogP contribution in [0.15, 0.2) is 41.3 Å². The van der Waals surface area contributed by atoms with E-state index in [0.717, 1.165) is 10.4 Å². The van der Waals surface area contributed by atoms with E-state index in [1.807, 2.05) is 0 Å². The monoisotopic (exact) mass is 412 g/mol. The number of halogens is 1. The summed E-state index contributed by atoms with van der Waals surface area (Å²) in [6.45, 7) is 3.38. The quantitative estimate of drug-likeness (QED) is 0.408. The molecule has 0 bridgehead atoms. The first-order chi connectivity index (χ1) is 12.6. The molecule has 2 aromatic rings. The molecule has 0 heterocycles. The van der Waals surface area contributed by atoms with Crippen molar-refractivity contribution in [1.82, 2.24) is 0 Å². The Labute approximate surface area is 161 Å². The van der Waals surface area contributed by atoms with E-state index < -0.39 is 20.9 Å². The van der Waals surface area contributed by atoms with Crippen molar-refractivity contribution in [3.63, 3.8) is 0 Å². The molecule has 0 atom stereocenters. The van der Waals surface area contributed by atoms with Gasteiger partial charge in [0.2, 0.25) is 0 Å². The Morgan fingerprint density at radius 3 is 2.48 bits per heavy atom. The second-order valence-electron chi connectivity index (χ2n) is 5.56. The summed E-state index contributed by atoms with van der Waals surface area (Å²) in [6.07, 6.45) is 0. The SMILES string of the molecule is CCOC(=O)c1ccc(N(C)S(=O)(=O)c2cc([N+](=O)[O-])ccc2C)cc1Cl. The van der Waals surface area contributed by atoms with Crippen LogP contribution in [0.4, 0.5) is 11.4 Å². The molecule has 0 fully saturated rings. The lowest BCUT2D eigenvalue weighted by Gasteiger charge is -2.21. The van der Waals surface area contributed by atoms with Gasteiger partial charge in [-0.15, -0.1) is 0 Å². The number of nitro benzene ring substituents is 1. The molecule has 144 valence electrons. The molecule has 0 amide bonds. The number of hydrogen-bond donors (Lipinski definition) is 0. The largest absolute Gasteiger partial charge is 0.462 e. The van der Waals surface area contributed by atoms with E-state index in [1.54, 1.807) is 13.8 Å². The Kier molecular flexibility index (Phi) is 6.07. The number of sulfonamides is 1. The average Bonchev–Trinajstić information content (AvgIpc) is 2.61. The number of carbonyl (C=O) groups excluding carboxylic acids is 1. The van der Waals surface area contributed by atoms with E-state index in [4.69, 9.17) is 16.3 Å². The van der Waals surface area contributed by atoms with Gasteiger partial charge in [0.25, 0.3) is 15.7 Å². The number of non-ortho nitro benzene ring substituents is 1. The minimum absolute atomic E-state index is 0.0313. The van der Waals surface area contributed by atoms with Crippen LogP contribution in [-0.4, -0.2) is 33.0 Å². The smallest absolute Gasteiger partial charge is 0.339 e. The van der Waals surface area contributed by atoms with Crippen LogP contribution in [0, 0.1) is 17.0 Å². The third kappa shape index (κ3) is 4.20. The molecule has 0 spiro atoms. The van der Waals surface area contributed by atoms with Gasteiger partial charge in [-0.2, -0.15) is 0 Å². The van der Waals surface area contributed by atoms with Crippen LogP contribution < -0.4 is 4.31 Å². The second-order valence-corrected chi connectivity index (χ2v) is 7.91. The van der Waals surface area contributed by atoms with Crippen molar-refractivity contribution in [3.05, 3.63) is 62.7 Å². The Hall–Kier alpha value is -2.65. The normalized spacial score (nSPS) is 11.1. The maximum absolute atomic E-state index is 12.9. The van der Waals surface area contributed by atoms with Crippen molar-refractivity contribution in [2.45, 2.75) is 18.7 Å².